The Hall–Kier alpha value is -2.87. The normalized spacial score (nSPS) is 11.7. The standard InChI is InChI=1S/C20H23N3O2/c1-6-23-18(24)16(11-21)13(2)17(19(23)25)12-22-15-9-7-14(8-10-15)20(3,4)5/h7-10,12,25H,6H2,1-5H3. The molecule has 5 nitrogen and oxygen atoms in total. The van der Waals surface area contributed by atoms with Crippen LogP contribution in [-0.4, -0.2) is 15.9 Å². The van der Waals surface area contributed by atoms with Crippen molar-refractivity contribution >= 4 is 11.9 Å². The SMILES string of the molecule is CCn1c(O)c(C=Nc2ccc(C(C)(C)C)cc2)c(C)c(C#N)c1=O. The van der Waals surface area contributed by atoms with Crippen LogP contribution in [0.3, 0.4) is 0 Å². The van der Waals surface area contributed by atoms with E-state index in [4.69, 9.17) is 0 Å². The summed E-state index contributed by atoms with van der Waals surface area (Å²) in [6.07, 6.45) is 1.50. The summed E-state index contributed by atoms with van der Waals surface area (Å²) in [6.45, 7) is 10.1. The average Bonchev–Trinajstić information content (AvgIpc) is 2.55. The number of hydrogen-bond donors (Lipinski definition) is 1. The summed E-state index contributed by atoms with van der Waals surface area (Å²) in [5, 5.41) is 19.6. The monoisotopic (exact) mass is 337 g/mol. The molecule has 0 aliphatic carbocycles. The molecule has 0 atom stereocenters. The van der Waals surface area contributed by atoms with Crippen LogP contribution in [0.25, 0.3) is 0 Å². The Morgan fingerprint density at radius 3 is 2.36 bits per heavy atom. The number of hydrogen-bond acceptors (Lipinski definition) is 4. The van der Waals surface area contributed by atoms with Crippen molar-refractivity contribution in [3.8, 4) is 11.9 Å². The lowest BCUT2D eigenvalue weighted by Gasteiger charge is -2.18. The number of aromatic hydroxyl groups is 1. The van der Waals surface area contributed by atoms with E-state index < -0.39 is 5.56 Å². The lowest BCUT2D eigenvalue weighted by Crippen LogP contribution is -2.24. The van der Waals surface area contributed by atoms with Gasteiger partial charge in [-0.15, -0.1) is 0 Å². The van der Waals surface area contributed by atoms with Crippen LogP contribution < -0.4 is 5.56 Å². The number of pyridine rings is 1. The molecule has 130 valence electrons. The van der Waals surface area contributed by atoms with Gasteiger partial charge in [0.05, 0.1) is 11.3 Å². The predicted octanol–water partition coefficient (Wildman–Crippen LogP) is 3.80. The van der Waals surface area contributed by atoms with Gasteiger partial charge in [-0.1, -0.05) is 32.9 Å². The second-order valence-corrected chi connectivity index (χ2v) is 6.95. The van der Waals surface area contributed by atoms with Gasteiger partial charge in [0.1, 0.15) is 11.6 Å². The molecule has 0 saturated heterocycles. The quantitative estimate of drug-likeness (QED) is 0.865. The smallest absolute Gasteiger partial charge is 0.271 e. The van der Waals surface area contributed by atoms with Crippen LogP contribution in [0.5, 0.6) is 5.88 Å². The molecule has 5 heteroatoms. The summed E-state index contributed by atoms with van der Waals surface area (Å²) in [4.78, 5) is 16.6. The van der Waals surface area contributed by atoms with Crippen molar-refractivity contribution in [1.29, 1.82) is 5.26 Å². The Kier molecular flexibility index (Phi) is 5.13. The first-order chi connectivity index (χ1) is 11.7. The third kappa shape index (κ3) is 3.63. The fourth-order valence-corrected chi connectivity index (χ4v) is 2.61. The van der Waals surface area contributed by atoms with E-state index in [0.717, 1.165) is 5.69 Å². The van der Waals surface area contributed by atoms with Crippen LogP contribution in [0.2, 0.25) is 0 Å². The molecule has 25 heavy (non-hydrogen) atoms. The highest BCUT2D eigenvalue weighted by atomic mass is 16.3. The molecule has 0 aliphatic heterocycles. The van der Waals surface area contributed by atoms with Crippen molar-refractivity contribution in [3.63, 3.8) is 0 Å². The van der Waals surface area contributed by atoms with E-state index in [9.17, 15) is 15.2 Å². The molecule has 1 heterocycles. The molecule has 0 saturated carbocycles. The summed E-state index contributed by atoms with van der Waals surface area (Å²) >= 11 is 0. The summed E-state index contributed by atoms with van der Waals surface area (Å²) in [7, 11) is 0. The number of benzene rings is 1. The Balaban J connectivity index is 2.49. The van der Waals surface area contributed by atoms with Gasteiger partial charge in [-0.05, 0) is 42.5 Å². The van der Waals surface area contributed by atoms with Gasteiger partial charge in [-0.3, -0.25) is 14.4 Å². The van der Waals surface area contributed by atoms with Crippen molar-refractivity contribution in [2.75, 3.05) is 0 Å². The lowest BCUT2D eigenvalue weighted by molar-refractivity contribution is 0.409. The molecule has 1 N–H and O–H groups in total. The van der Waals surface area contributed by atoms with Crippen LogP contribution in [0.1, 0.15) is 49.9 Å². The minimum Gasteiger partial charge on any atom is -0.494 e. The van der Waals surface area contributed by atoms with Gasteiger partial charge in [0.2, 0.25) is 5.88 Å². The Morgan fingerprint density at radius 1 is 1.28 bits per heavy atom. The van der Waals surface area contributed by atoms with Gasteiger partial charge in [0.25, 0.3) is 5.56 Å². The highest BCUT2D eigenvalue weighted by molar-refractivity contribution is 5.87. The predicted molar refractivity (Wildman–Crippen MR) is 99.9 cm³/mol. The van der Waals surface area contributed by atoms with Gasteiger partial charge in [0, 0.05) is 12.8 Å². The average molecular weight is 337 g/mol. The number of rotatable bonds is 3. The molecule has 0 radical (unpaired) electrons. The van der Waals surface area contributed by atoms with E-state index >= 15 is 0 Å². The minimum atomic E-state index is -0.480. The zero-order valence-electron chi connectivity index (χ0n) is 15.3. The zero-order chi connectivity index (χ0) is 18.8. The fourth-order valence-electron chi connectivity index (χ4n) is 2.61. The van der Waals surface area contributed by atoms with Crippen LogP contribution in [-0.2, 0) is 12.0 Å². The summed E-state index contributed by atoms with van der Waals surface area (Å²) in [5.74, 6) is -0.168. The minimum absolute atomic E-state index is 0.0316. The van der Waals surface area contributed by atoms with E-state index in [1.807, 2.05) is 30.3 Å². The molecule has 2 rings (SSSR count). The van der Waals surface area contributed by atoms with Crippen LogP contribution in [0.4, 0.5) is 5.69 Å². The maximum atomic E-state index is 12.2. The molecule has 0 fully saturated rings. The van der Waals surface area contributed by atoms with Crippen LogP contribution in [0, 0.1) is 18.3 Å². The highest BCUT2D eigenvalue weighted by Crippen LogP contribution is 2.25. The topological polar surface area (TPSA) is 78.4 Å². The number of nitriles is 1. The van der Waals surface area contributed by atoms with Gasteiger partial charge in [-0.2, -0.15) is 5.26 Å². The summed E-state index contributed by atoms with van der Waals surface area (Å²) < 4.78 is 1.18. The molecular weight excluding hydrogens is 314 g/mol. The number of nitrogens with zero attached hydrogens (tertiary/aromatic N) is 3. The van der Waals surface area contributed by atoms with Gasteiger partial charge in [-0.25, -0.2) is 0 Å². The van der Waals surface area contributed by atoms with Gasteiger partial charge < -0.3 is 5.11 Å². The lowest BCUT2D eigenvalue weighted by atomic mass is 9.87. The molecule has 1 aromatic heterocycles. The van der Waals surface area contributed by atoms with E-state index in [2.05, 4.69) is 25.8 Å². The highest BCUT2D eigenvalue weighted by Gasteiger charge is 2.17. The van der Waals surface area contributed by atoms with E-state index in [1.54, 1.807) is 13.8 Å². The molecule has 0 bridgehead atoms. The molecular formula is C20H23N3O2. The van der Waals surface area contributed by atoms with E-state index in [-0.39, 0.29) is 23.4 Å². The van der Waals surface area contributed by atoms with Crippen molar-refractivity contribution < 1.29 is 5.11 Å². The fraction of sp³-hybridized carbons (Fsp3) is 0.350. The summed E-state index contributed by atoms with van der Waals surface area (Å²) in [6, 6.07) is 9.78. The molecule has 0 unspecified atom stereocenters. The summed E-state index contributed by atoms with van der Waals surface area (Å²) in [5.41, 5.74) is 2.38. The molecule has 1 aromatic carbocycles. The Labute approximate surface area is 147 Å². The third-order valence-electron chi connectivity index (χ3n) is 4.24. The number of aliphatic imine (C=N–C) groups is 1. The largest absolute Gasteiger partial charge is 0.494 e. The third-order valence-corrected chi connectivity index (χ3v) is 4.24. The number of aromatic nitrogens is 1. The van der Waals surface area contributed by atoms with Crippen molar-refractivity contribution in [3.05, 3.63) is 56.9 Å². The van der Waals surface area contributed by atoms with Crippen molar-refractivity contribution in [2.45, 2.75) is 46.6 Å². The van der Waals surface area contributed by atoms with E-state index in [0.29, 0.717) is 11.1 Å². The van der Waals surface area contributed by atoms with Crippen molar-refractivity contribution in [1.82, 2.24) is 4.57 Å². The second-order valence-electron chi connectivity index (χ2n) is 6.95. The Morgan fingerprint density at radius 2 is 1.88 bits per heavy atom. The van der Waals surface area contributed by atoms with Gasteiger partial charge >= 0.3 is 0 Å². The molecule has 2 aromatic rings. The first kappa shape index (κ1) is 18.5. The molecule has 0 spiro atoms. The maximum Gasteiger partial charge on any atom is 0.271 e. The maximum absolute atomic E-state index is 12.2. The van der Waals surface area contributed by atoms with E-state index in [1.165, 1.54) is 16.3 Å². The van der Waals surface area contributed by atoms with Gasteiger partial charge in [0.15, 0.2) is 0 Å². The molecule has 0 aliphatic rings. The van der Waals surface area contributed by atoms with Crippen molar-refractivity contribution in [2.24, 2.45) is 4.99 Å². The second kappa shape index (κ2) is 6.94. The Bertz CT molecular complexity index is 908. The first-order valence-corrected chi connectivity index (χ1v) is 8.21. The molecule has 0 amide bonds. The first-order valence-electron chi connectivity index (χ1n) is 8.21. The van der Waals surface area contributed by atoms with Crippen LogP contribution >= 0.6 is 0 Å². The zero-order valence-corrected chi connectivity index (χ0v) is 15.3. The van der Waals surface area contributed by atoms with Crippen LogP contribution in [0.15, 0.2) is 34.1 Å².